The Hall–Kier alpha value is -0.940. The summed E-state index contributed by atoms with van der Waals surface area (Å²) in [5.74, 6) is 0. The van der Waals surface area contributed by atoms with Crippen LogP contribution >= 0.6 is 0 Å². The van der Waals surface area contributed by atoms with E-state index >= 15 is 0 Å². The van der Waals surface area contributed by atoms with Gasteiger partial charge in [-0.05, 0) is 12.8 Å². The summed E-state index contributed by atoms with van der Waals surface area (Å²) in [5.41, 5.74) is 0.926. The first-order valence-corrected chi connectivity index (χ1v) is 5.52. The molecule has 1 aromatic heterocycles. The fourth-order valence-corrected chi connectivity index (χ4v) is 2.06. The third-order valence-electron chi connectivity index (χ3n) is 2.92. The van der Waals surface area contributed by atoms with Crippen molar-refractivity contribution in [1.82, 2.24) is 20.3 Å². The van der Waals surface area contributed by atoms with Gasteiger partial charge in [-0.25, -0.2) is 0 Å². The van der Waals surface area contributed by atoms with Crippen molar-refractivity contribution >= 4 is 0 Å². The molecule has 0 amide bonds. The van der Waals surface area contributed by atoms with Crippen LogP contribution in [0.25, 0.3) is 0 Å². The van der Waals surface area contributed by atoms with Gasteiger partial charge in [0.05, 0.1) is 11.8 Å². The lowest BCUT2D eigenvalue weighted by Crippen LogP contribution is -2.41. The van der Waals surface area contributed by atoms with E-state index in [4.69, 9.17) is 0 Å². The smallest absolute Gasteiger partial charge is 0.0964 e. The molecule has 0 radical (unpaired) electrons. The van der Waals surface area contributed by atoms with E-state index < -0.39 is 0 Å². The molecule has 1 aliphatic carbocycles. The predicted octanol–water partition coefficient (Wildman–Crippen LogP) is 0.208. The lowest BCUT2D eigenvalue weighted by atomic mass is 9.92. The Bertz CT molecular complexity index is 312. The highest BCUT2D eigenvalue weighted by Crippen LogP contribution is 2.18. The van der Waals surface area contributed by atoms with Crippen molar-refractivity contribution in [3.63, 3.8) is 0 Å². The van der Waals surface area contributed by atoms with E-state index in [1.165, 1.54) is 6.42 Å². The van der Waals surface area contributed by atoms with Crippen molar-refractivity contribution in [1.29, 1.82) is 0 Å². The van der Waals surface area contributed by atoms with Crippen molar-refractivity contribution in [2.24, 2.45) is 7.05 Å². The molecule has 1 heterocycles. The number of aliphatic hydroxyl groups excluding tert-OH is 1. The molecule has 1 aliphatic rings. The average Bonchev–Trinajstić information content (AvgIpc) is 2.63. The molecule has 15 heavy (non-hydrogen) atoms. The Morgan fingerprint density at radius 2 is 2.33 bits per heavy atom. The summed E-state index contributed by atoms with van der Waals surface area (Å²) in [6, 6.07) is 0.223. The summed E-state index contributed by atoms with van der Waals surface area (Å²) in [6.45, 7) is 0.690. The monoisotopic (exact) mass is 210 g/mol. The van der Waals surface area contributed by atoms with Gasteiger partial charge in [-0.3, -0.25) is 4.68 Å². The number of hydrogen-bond acceptors (Lipinski definition) is 4. The standard InChI is InChI=1S/C10H18N4O/c1-14-7-8(12-13-14)6-11-9-4-2-3-5-10(9)15/h7,9-11,15H,2-6H2,1H3. The molecule has 0 aromatic carbocycles. The van der Waals surface area contributed by atoms with Crippen LogP contribution in [-0.4, -0.2) is 32.2 Å². The summed E-state index contributed by atoms with van der Waals surface area (Å²) >= 11 is 0. The van der Waals surface area contributed by atoms with Crippen LogP contribution in [0.1, 0.15) is 31.4 Å². The van der Waals surface area contributed by atoms with Crippen LogP contribution in [0.4, 0.5) is 0 Å². The number of aliphatic hydroxyl groups is 1. The fraction of sp³-hybridized carbons (Fsp3) is 0.800. The molecular weight excluding hydrogens is 192 g/mol. The molecule has 0 spiro atoms. The lowest BCUT2D eigenvalue weighted by molar-refractivity contribution is 0.0901. The molecule has 2 N–H and O–H groups in total. The molecule has 2 rings (SSSR count). The number of rotatable bonds is 3. The summed E-state index contributed by atoms with van der Waals surface area (Å²) in [6.07, 6.45) is 6.01. The van der Waals surface area contributed by atoms with Crippen LogP contribution in [0.15, 0.2) is 6.20 Å². The largest absolute Gasteiger partial charge is 0.392 e. The second kappa shape index (κ2) is 4.72. The van der Waals surface area contributed by atoms with Crippen LogP contribution in [0.5, 0.6) is 0 Å². The molecule has 1 fully saturated rings. The molecule has 84 valence electrons. The highest BCUT2D eigenvalue weighted by molar-refractivity contribution is 4.92. The van der Waals surface area contributed by atoms with E-state index in [0.29, 0.717) is 6.54 Å². The minimum atomic E-state index is -0.199. The SMILES string of the molecule is Cn1cc(CNC2CCCCC2O)nn1. The van der Waals surface area contributed by atoms with Crippen LogP contribution in [-0.2, 0) is 13.6 Å². The predicted molar refractivity (Wildman–Crippen MR) is 56.1 cm³/mol. The van der Waals surface area contributed by atoms with Gasteiger partial charge >= 0.3 is 0 Å². The Balaban J connectivity index is 1.81. The Labute approximate surface area is 89.5 Å². The Morgan fingerprint density at radius 1 is 1.53 bits per heavy atom. The van der Waals surface area contributed by atoms with Crippen LogP contribution in [0.2, 0.25) is 0 Å². The Morgan fingerprint density at radius 3 is 3.00 bits per heavy atom. The first-order chi connectivity index (χ1) is 7.25. The van der Waals surface area contributed by atoms with Gasteiger partial charge in [-0.2, -0.15) is 0 Å². The highest BCUT2D eigenvalue weighted by atomic mass is 16.3. The van der Waals surface area contributed by atoms with Gasteiger partial charge in [0.1, 0.15) is 0 Å². The maximum Gasteiger partial charge on any atom is 0.0964 e. The minimum Gasteiger partial charge on any atom is -0.392 e. The van der Waals surface area contributed by atoms with Crippen LogP contribution < -0.4 is 5.32 Å². The van der Waals surface area contributed by atoms with Crippen LogP contribution in [0, 0.1) is 0 Å². The van der Waals surface area contributed by atoms with E-state index in [1.807, 2.05) is 13.2 Å². The molecule has 2 unspecified atom stereocenters. The third-order valence-corrected chi connectivity index (χ3v) is 2.92. The normalized spacial score (nSPS) is 26.8. The maximum atomic E-state index is 9.75. The molecule has 0 saturated heterocycles. The van der Waals surface area contributed by atoms with E-state index in [-0.39, 0.29) is 12.1 Å². The fourth-order valence-electron chi connectivity index (χ4n) is 2.06. The molecule has 0 bridgehead atoms. The van der Waals surface area contributed by atoms with Gasteiger partial charge in [0.25, 0.3) is 0 Å². The quantitative estimate of drug-likeness (QED) is 0.748. The zero-order chi connectivity index (χ0) is 10.7. The third kappa shape index (κ3) is 2.76. The molecule has 5 heteroatoms. The highest BCUT2D eigenvalue weighted by Gasteiger charge is 2.22. The van der Waals surface area contributed by atoms with Gasteiger partial charge < -0.3 is 10.4 Å². The summed E-state index contributed by atoms with van der Waals surface area (Å²) in [5, 5.41) is 20.9. The minimum absolute atomic E-state index is 0.199. The van der Waals surface area contributed by atoms with E-state index in [9.17, 15) is 5.11 Å². The summed E-state index contributed by atoms with van der Waals surface area (Å²) in [4.78, 5) is 0. The molecule has 0 aliphatic heterocycles. The topological polar surface area (TPSA) is 63.0 Å². The second-order valence-electron chi connectivity index (χ2n) is 4.22. The maximum absolute atomic E-state index is 9.75. The van der Waals surface area contributed by atoms with Crippen molar-refractivity contribution in [2.45, 2.75) is 44.4 Å². The lowest BCUT2D eigenvalue weighted by Gasteiger charge is -2.28. The number of aryl methyl sites for hydroxylation is 1. The number of aromatic nitrogens is 3. The molecule has 1 aromatic rings. The average molecular weight is 210 g/mol. The van der Waals surface area contributed by atoms with Crippen molar-refractivity contribution < 1.29 is 5.11 Å². The van der Waals surface area contributed by atoms with Gasteiger partial charge in [0, 0.05) is 25.8 Å². The first-order valence-electron chi connectivity index (χ1n) is 5.52. The summed E-state index contributed by atoms with van der Waals surface area (Å²) < 4.78 is 1.69. The van der Waals surface area contributed by atoms with Crippen molar-refractivity contribution in [3.8, 4) is 0 Å². The van der Waals surface area contributed by atoms with Crippen molar-refractivity contribution in [3.05, 3.63) is 11.9 Å². The van der Waals surface area contributed by atoms with Crippen molar-refractivity contribution in [2.75, 3.05) is 0 Å². The number of hydrogen-bond donors (Lipinski definition) is 2. The first kappa shape index (κ1) is 10.6. The number of nitrogens with one attached hydrogen (secondary N) is 1. The van der Waals surface area contributed by atoms with E-state index in [2.05, 4.69) is 15.6 Å². The zero-order valence-electron chi connectivity index (χ0n) is 9.06. The van der Waals surface area contributed by atoms with Gasteiger partial charge in [0.15, 0.2) is 0 Å². The molecule has 5 nitrogen and oxygen atoms in total. The summed E-state index contributed by atoms with van der Waals surface area (Å²) in [7, 11) is 1.85. The van der Waals surface area contributed by atoms with Gasteiger partial charge in [-0.15, -0.1) is 5.10 Å². The molecular formula is C10H18N4O. The number of nitrogens with zero attached hydrogens (tertiary/aromatic N) is 3. The molecule has 2 atom stereocenters. The second-order valence-corrected chi connectivity index (χ2v) is 4.22. The van der Waals surface area contributed by atoms with Gasteiger partial charge in [0.2, 0.25) is 0 Å². The van der Waals surface area contributed by atoms with Crippen LogP contribution in [0.3, 0.4) is 0 Å². The van der Waals surface area contributed by atoms with Gasteiger partial charge in [-0.1, -0.05) is 18.1 Å². The molecule has 1 saturated carbocycles. The van der Waals surface area contributed by atoms with E-state index in [1.54, 1.807) is 4.68 Å². The zero-order valence-corrected chi connectivity index (χ0v) is 9.06. The Kier molecular flexibility index (Phi) is 3.33. The van der Waals surface area contributed by atoms with E-state index in [0.717, 1.165) is 25.0 Å².